The van der Waals surface area contributed by atoms with E-state index in [1.165, 1.54) is 9.75 Å². The quantitative estimate of drug-likeness (QED) is 0.851. The second kappa shape index (κ2) is 7.34. The van der Waals surface area contributed by atoms with E-state index in [4.69, 9.17) is 9.84 Å². The first-order valence-electron chi connectivity index (χ1n) is 5.66. The van der Waals surface area contributed by atoms with Gasteiger partial charge in [0.15, 0.2) is 0 Å². The summed E-state index contributed by atoms with van der Waals surface area (Å²) in [6.07, 6.45) is 0.528. The molecule has 94 valence electrons. The second-order valence-corrected chi connectivity index (χ2v) is 5.68. The van der Waals surface area contributed by atoms with Crippen LogP contribution in [0.2, 0.25) is 0 Å². The number of aliphatic hydroxyl groups excluding tert-OH is 1. The summed E-state index contributed by atoms with van der Waals surface area (Å²) >= 11 is 3.37. The highest BCUT2D eigenvalue weighted by Gasteiger charge is 1.99. The fraction of sp³-hybridized carbons (Fsp3) is 0.286. The zero-order valence-corrected chi connectivity index (χ0v) is 11.5. The third-order valence-corrected chi connectivity index (χ3v) is 3.95. The number of hydrogen-bond donors (Lipinski definition) is 1. The maximum absolute atomic E-state index is 8.64. The van der Waals surface area contributed by atoms with Gasteiger partial charge in [-0.05, 0) is 17.5 Å². The molecule has 0 radical (unpaired) electrons. The fourth-order valence-corrected chi connectivity index (χ4v) is 2.78. The smallest absolute Gasteiger partial charge is 0.0814 e. The van der Waals surface area contributed by atoms with Gasteiger partial charge < -0.3 is 9.84 Å². The maximum Gasteiger partial charge on any atom is 0.0814 e. The van der Waals surface area contributed by atoms with Gasteiger partial charge in [-0.2, -0.15) is 0 Å². The van der Waals surface area contributed by atoms with Gasteiger partial charge in [-0.25, -0.2) is 0 Å². The first kappa shape index (κ1) is 13.3. The van der Waals surface area contributed by atoms with Crippen LogP contribution in [0.1, 0.15) is 21.7 Å². The Morgan fingerprint density at radius 2 is 2.11 bits per heavy atom. The van der Waals surface area contributed by atoms with E-state index < -0.39 is 0 Å². The highest BCUT2D eigenvalue weighted by Crippen LogP contribution is 2.17. The van der Waals surface area contributed by atoms with E-state index in [-0.39, 0.29) is 6.61 Å². The topological polar surface area (TPSA) is 29.5 Å². The number of rotatable bonds is 5. The van der Waals surface area contributed by atoms with Crippen molar-refractivity contribution in [3.8, 4) is 11.8 Å². The number of hydrogen-bond acceptors (Lipinski definition) is 4. The fourth-order valence-electron chi connectivity index (χ4n) is 1.39. The molecular weight excluding hydrogens is 264 g/mol. The Bertz CT molecular complexity index is 517. The Morgan fingerprint density at radius 1 is 1.22 bits per heavy atom. The molecule has 18 heavy (non-hydrogen) atoms. The highest BCUT2D eigenvalue weighted by atomic mass is 32.1. The summed E-state index contributed by atoms with van der Waals surface area (Å²) < 4.78 is 5.64. The van der Waals surface area contributed by atoms with Crippen molar-refractivity contribution in [1.82, 2.24) is 0 Å². The molecule has 2 aromatic heterocycles. The van der Waals surface area contributed by atoms with E-state index in [0.29, 0.717) is 19.6 Å². The first-order valence-corrected chi connectivity index (χ1v) is 7.41. The van der Waals surface area contributed by atoms with E-state index in [0.717, 1.165) is 5.56 Å². The molecule has 2 rings (SSSR count). The van der Waals surface area contributed by atoms with Gasteiger partial charge in [0.05, 0.1) is 19.8 Å². The van der Waals surface area contributed by atoms with Gasteiger partial charge in [-0.15, -0.1) is 22.7 Å². The van der Waals surface area contributed by atoms with E-state index in [1.54, 1.807) is 22.7 Å². The van der Waals surface area contributed by atoms with Gasteiger partial charge in [0.25, 0.3) is 0 Å². The van der Waals surface area contributed by atoms with Gasteiger partial charge in [0, 0.05) is 27.1 Å². The number of aliphatic hydroxyl groups is 1. The highest BCUT2D eigenvalue weighted by molar-refractivity contribution is 7.10. The molecule has 0 bridgehead atoms. The normalized spacial score (nSPS) is 10.1. The second-order valence-electron chi connectivity index (χ2n) is 3.65. The van der Waals surface area contributed by atoms with Gasteiger partial charge in [-0.1, -0.05) is 17.9 Å². The van der Waals surface area contributed by atoms with Crippen LogP contribution in [-0.4, -0.2) is 11.7 Å². The van der Waals surface area contributed by atoms with Gasteiger partial charge >= 0.3 is 0 Å². The summed E-state index contributed by atoms with van der Waals surface area (Å²) in [5, 5.41) is 12.7. The molecule has 0 unspecified atom stereocenters. The molecule has 0 aliphatic rings. The lowest BCUT2D eigenvalue weighted by Gasteiger charge is -1.99. The molecule has 1 N–H and O–H groups in total. The summed E-state index contributed by atoms with van der Waals surface area (Å²) in [6.45, 7) is 1.42. The lowest BCUT2D eigenvalue weighted by Crippen LogP contribution is -1.89. The average molecular weight is 278 g/mol. The van der Waals surface area contributed by atoms with Crippen molar-refractivity contribution in [2.75, 3.05) is 6.61 Å². The summed E-state index contributed by atoms with van der Waals surface area (Å²) in [7, 11) is 0. The van der Waals surface area contributed by atoms with Crippen LogP contribution in [0.25, 0.3) is 0 Å². The van der Waals surface area contributed by atoms with Crippen molar-refractivity contribution in [2.45, 2.75) is 19.6 Å². The Kier molecular flexibility index (Phi) is 5.43. The zero-order chi connectivity index (χ0) is 12.6. The molecule has 2 heterocycles. The molecule has 0 atom stereocenters. The number of thiophene rings is 2. The predicted octanol–water partition coefficient (Wildman–Crippen LogP) is 3.26. The van der Waals surface area contributed by atoms with E-state index in [9.17, 15) is 0 Å². The van der Waals surface area contributed by atoms with Crippen molar-refractivity contribution in [3.63, 3.8) is 0 Å². The Morgan fingerprint density at radius 3 is 2.89 bits per heavy atom. The van der Waals surface area contributed by atoms with Crippen LogP contribution >= 0.6 is 22.7 Å². The lowest BCUT2D eigenvalue weighted by molar-refractivity contribution is 0.111. The van der Waals surface area contributed by atoms with Crippen molar-refractivity contribution in [1.29, 1.82) is 0 Å². The Hall–Kier alpha value is -1.12. The third-order valence-electron chi connectivity index (χ3n) is 2.19. The molecule has 2 aromatic rings. The summed E-state index contributed by atoms with van der Waals surface area (Å²) in [5.74, 6) is 5.93. The molecule has 0 spiro atoms. The number of ether oxygens (including phenoxy) is 1. The molecular formula is C14H14O2S2. The zero-order valence-electron chi connectivity index (χ0n) is 9.89. The van der Waals surface area contributed by atoms with Crippen LogP contribution in [0.15, 0.2) is 29.0 Å². The Balaban J connectivity index is 1.78. The molecule has 0 fully saturated rings. The summed E-state index contributed by atoms with van der Waals surface area (Å²) in [4.78, 5) is 2.43. The van der Waals surface area contributed by atoms with Crippen molar-refractivity contribution < 1.29 is 9.84 Å². The van der Waals surface area contributed by atoms with Crippen LogP contribution in [0.5, 0.6) is 0 Å². The van der Waals surface area contributed by atoms with E-state index in [1.807, 2.05) is 17.5 Å². The minimum Gasteiger partial charge on any atom is -0.395 e. The summed E-state index contributed by atoms with van der Waals surface area (Å²) in [5.41, 5.74) is 1.00. The molecule has 0 aliphatic heterocycles. The van der Waals surface area contributed by atoms with Gasteiger partial charge in [0.1, 0.15) is 0 Å². The summed E-state index contributed by atoms with van der Waals surface area (Å²) in [6, 6.07) is 6.15. The van der Waals surface area contributed by atoms with Crippen LogP contribution in [0.4, 0.5) is 0 Å². The standard InChI is InChI=1S/C14H14O2S2/c15-6-2-1-4-12-8-14(18-11-12)10-16-9-13-5-3-7-17-13/h3,5,7-8,11,15H,2,6,9-10H2. The first-order chi connectivity index (χ1) is 8.88. The van der Waals surface area contributed by atoms with Crippen LogP contribution in [0, 0.1) is 11.8 Å². The van der Waals surface area contributed by atoms with Crippen LogP contribution < -0.4 is 0 Å². The van der Waals surface area contributed by atoms with Gasteiger partial charge in [0.2, 0.25) is 0 Å². The maximum atomic E-state index is 8.64. The van der Waals surface area contributed by atoms with Crippen molar-refractivity contribution >= 4 is 22.7 Å². The monoisotopic (exact) mass is 278 g/mol. The van der Waals surface area contributed by atoms with E-state index in [2.05, 4.69) is 23.3 Å². The molecule has 0 saturated carbocycles. The molecule has 0 aliphatic carbocycles. The van der Waals surface area contributed by atoms with E-state index >= 15 is 0 Å². The van der Waals surface area contributed by atoms with Crippen LogP contribution in [0.3, 0.4) is 0 Å². The predicted molar refractivity (Wildman–Crippen MR) is 75.7 cm³/mol. The minimum atomic E-state index is 0.119. The van der Waals surface area contributed by atoms with Gasteiger partial charge in [-0.3, -0.25) is 0 Å². The molecule has 2 nitrogen and oxygen atoms in total. The molecule has 0 aromatic carbocycles. The largest absolute Gasteiger partial charge is 0.395 e. The molecule has 0 amide bonds. The average Bonchev–Trinajstić information content (AvgIpc) is 3.01. The van der Waals surface area contributed by atoms with Crippen molar-refractivity contribution in [3.05, 3.63) is 44.3 Å². The Labute approximate surface area is 115 Å². The van der Waals surface area contributed by atoms with Crippen LogP contribution in [-0.2, 0) is 18.0 Å². The lowest BCUT2D eigenvalue weighted by atomic mass is 10.3. The SMILES string of the molecule is OCCC#Cc1csc(COCc2cccs2)c1. The molecule has 4 heteroatoms. The van der Waals surface area contributed by atoms with Crippen molar-refractivity contribution in [2.24, 2.45) is 0 Å². The molecule has 0 saturated heterocycles. The minimum absolute atomic E-state index is 0.119. The third kappa shape index (κ3) is 4.28.